The maximum Gasteiger partial charge on any atom is 0.325 e. The fraction of sp³-hybridized carbons (Fsp3) is 0.615. The Morgan fingerprint density at radius 3 is 2.69 bits per heavy atom. The Balaban J connectivity index is 1.94. The van der Waals surface area contributed by atoms with Crippen LogP contribution < -0.4 is 16.4 Å². The van der Waals surface area contributed by atoms with Gasteiger partial charge in [-0.25, -0.2) is 4.98 Å². The van der Waals surface area contributed by atoms with E-state index in [1.54, 1.807) is 12.1 Å². The van der Waals surface area contributed by atoms with Crippen LogP contribution in [0.4, 0.5) is 0 Å². The van der Waals surface area contributed by atoms with Crippen molar-refractivity contribution in [2.24, 2.45) is 11.7 Å². The number of nitrogens with zero attached hydrogens (tertiary/aromatic N) is 2. The molecule has 0 aliphatic heterocycles. The lowest BCUT2D eigenvalue weighted by molar-refractivity contribution is -0.139. The molecule has 36 heavy (non-hydrogen) atoms. The lowest BCUT2D eigenvalue weighted by Gasteiger charge is -2.25. The van der Waals surface area contributed by atoms with Crippen LogP contribution in [-0.4, -0.2) is 59.8 Å². The van der Waals surface area contributed by atoms with Gasteiger partial charge in [0.25, 0.3) is 5.91 Å². The molecule has 4 N–H and O–H groups in total. The smallest absolute Gasteiger partial charge is 0.325 e. The summed E-state index contributed by atoms with van der Waals surface area (Å²) in [7, 11) is 1.28. The van der Waals surface area contributed by atoms with Gasteiger partial charge >= 0.3 is 5.97 Å². The molecule has 2 aromatic rings. The van der Waals surface area contributed by atoms with E-state index in [0.717, 1.165) is 36.2 Å². The Bertz CT molecular complexity index is 1030. The van der Waals surface area contributed by atoms with E-state index in [9.17, 15) is 14.4 Å². The number of nitrogens with two attached hydrogens (primary N) is 1. The molecule has 1 aliphatic carbocycles. The summed E-state index contributed by atoms with van der Waals surface area (Å²) in [6.07, 6.45) is 8.16. The molecule has 10 heteroatoms. The summed E-state index contributed by atoms with van der Waals surface area (Å²) < 4.78 is 6.88. The van der Waals surface area contributed by atoms with Crippen molar-refractivity contribution in [3.05, 3.63) is 29.6 Å². The molecule has 1 heterocycles. The molecular weight excluding hydrogens is 478 g/mol. The highest BCUT2D eigenvalue weighted by molar-refractivity contribution is 7.80. The van der Waals surface area contributed by atoms with E-state index in [1.807, 2.05) is 6.07 Å². The molecule has 1 aromatic heterocycles. The van der Waals surface area contributed by atoms with Crippen LogP contribution in [0.5, 0.6) is 0 Å². The van der Waals surface area contributed by atoms with Crippen LogP contribution in [0.3, 0.4) is 0 Å². The van der Waals surface area contributed by atoms with Crippen molar-refractivity contribution in [2.75, 3.05) is 32.5 Å². The number of aromatic nitrogens is 2. The number of thiol groups is 1. The molecular formula is C26H39N5O4S. The van der Waals surface area contributed by atoms with Gasteiger partial charge in [-0.05, 0) is 62.1 Å². The van der Waals surface area contributed by atoms with Crippen LogP contribution in [0, 0.1) is 5.92 Å². The van der Waals surface area contributed by atoms with Gasteiger partial charge in [0.2, 0.25) is 5.91 Å². The lowest BCUT2D eigenvalue weighted by atomic mass is 9.89. The SMILES string of the molecule is COC(=O)CNC(=O)c1ccc2c(c1)nc(C(CCCN)CNC(=O)CCS)n2CC1CCCCC1. The number of carbonyl (C=O) groups excluding carboxylic acids is 3. The minimum Gasteiger partial charge on any atom is -0.468 e. The Kier molecular flexibility index (Phi) is 11.1. The van der Waals surface area contributed by atoms with Crippen LogP contribution >= 0.6 is 12.6 Å². The first-order chi connectivity index (χ1) is 17.5. The predicted octanol–water partition coefficient (Wildman–Crippen LogP) is 2.78. The number of hydrogen-bond acceptors (Lipinski definition) is 7. The molecule has 0 saturated heterocycles. The molecule has 9 nitrogen and oxygen atoms in total. The van der Waals surface area contributed by atoms with Crippen LogP contribution in [0.15, 0.2) is 18.2 Å². The van der Waals surface area contributed by atoms with Gasteiger partial charge in [0.05, 0.1) is 18.1 Å². The quantitative estimate of drug-likeness (QED) is 0.239. The largest absolute Gasteiger partial charge is 0.468 e. The molecule has 198 valence electrons. The first-order valence-corrected chi connectivity index (χ1v) is 13.5. The van der Waals surface area contributed by atoms with Gasteiger partial charge in [-0.2, -0.15) is 12.6 Å². The average molecular weight is 518 g/mol. The van der Waals surface area contributed by atoms with Crippen LogP contribution in [0.2, 0.25) is 0 Å². The van der Waals surface area contributed by atoms with Crippen molar-refractivity contribution >= 4 is 41.4 Å². The Labute approximate surface area is 218 Å². The van der Waals surface area contributed by atoms with Crippen LogP contribution in [0.1, 0.15) is 73.5 Å². The van der Waals surface area contributed by atoms with Gasteiger partial charge < -0.3 is 25.7 Å². The van der Waals surface area contributed by atoms with Crippen molar-refractivity contribution in [3.8, 4) is 0 Å². The first-order valence-electron chi connectivity index (χ1n) is 12.9. The van der Waals surface area contributed by atoms with E-state index in [1.165, 1.54) is 39.2 Å². The summed E-state index contributed by atoms with van der Waals surface area (Å²) in [6, 6.07) is 5.46. The normalized spacial score (nSPS) is 15.0. The summed E-state index contributed by atoms with van der Waals surface area (Å²) in [4.78, 5) is 41.2. The Morgan fingerprint density at radius 2 is 2.00 bits per heavy atom. The van der Waals surface area contributed by atoms with Crippen molar-refractivity contribution in [3.63, 3.8) is 0 Å². The van der Waals surface area contributed by atoms with E-state index >= 15 is 0 Å². The molecule has 0 spiro atoms. The number of imidazole rings is 1. The van der Waals surface area contributed by atoms with E-state index in [2.05, 4.69) is 32.6 Å². The maximum atomic E-state index is 12.6. The Hall–Kier alpha value is -2.59. The number of ether oxygens (including phenoxy) is 1. The summed E-state index contributed by atoms with van der Waals surface area (Å²) in [5.41, 5.74) is 7.96. The molecule has 1 unspecified atom stereocenters. The molecule has 2 amide bonds. The molecule has 1 saturated carbocycles. The van der Waals surface area contributed by atoms with Gasteiger partial charge in [0, 0.05) is 31.0 Å². The van der Waals surface area contributed by atoms with Gasteiger partial charge in [-0.15, -0.1) is 0 Å². The lowest BCUT2D eigenvalue weighted by Crippen LogP contribution is -2.30. The first kappa shape index (κ1) is 28.0. The molecule has 3 rings (SSSR count). The number of amides is 2. The summed E-state index contributed by atoms with van der Waals surface area (Å²) in [5, 5.41) is 5.62. The monoisotopic (exact) mass is 517 g/mol. The number of nitrogens with one attached hydrogen (secondary N) is 2. The third-order valence-electron chi connectivity index (χ3n) is 6.83. The maximum absolute atomic E-state index is 12.6. The number of esters is 1. The van der Waals surface area contributed by atoms with Gasteiger partial charge in [0.1, 0.15) is 12.4 Å². The Morgan fingerprint density at radius 1 is 1.22 bits per heavy atom. The zero-order valence-electron chi connectivity index (χ0n) is 21.1. The van der Waals surface area contributed by atoms with Crippen LogP contribution in [0.25, 0.3) is 11.0 Å². The second-order valence-electron chi connectivity index (χ2n) is 9.45. The molecule has 1 atom stereocenters. The van der Waals surface area contributed by atoms with E-state index < -0.39 is 5.97 Å². The highest BCUT2D eigenvalue weighted by atomic mass is 32.1. The molecule has 1 aromatic carbocycles. The van der Waals surface area contributed by atoms with Gasteiger partial charge in [-0.3, -0.25) is 14.4 Å². The molecule has 1 fully saturated rings. The molecule has 0 radical (unpaired) electrons. The number of rotatable bonds is 13. The number of fused-ring (bicyclic) bond motifs is 1. The van der Waals surface area contributed by atoms with E-state index in [0.29, 0.717) is 36.7 Å². The summed E-state index contributed by atoms with van der Waals surface area (Å²) in [5.74, 6) is 1.11. The number of benzene rings is 1. The second kappa shape index (κ2) is 14.2. The molecule has 0 bridgehead atoms. The fourth-order valence-electron chi connectivity index (χ4n) is 4.86. The molecule has 1 aliphatic rings. The topological polar surface area (TPSA) is 128 Å². The van der Waals surface area contributed by atoms with Crippen LogP contribution in [-0.2, 0) is 20.9 Å². The van der Waals surface area contributed by atoms with Crippen molar-refractivity contribution < 1.29 is 19.1 Å². The van der Waals surface area contributed by atoms with Gasteiger partial charge in [0.15, 0.2) is 0 Å². The summed E-state index contributed by atoms with van der Waals surface area (Å²) >= 11 is 4.16. The predicted molar refractivity (Wildman–Crippen MR) is 143 cm³/mol. The standard InChI is InChI=1S/C26H39N5O4S/c1-35-24(33)16-29-26(34)19-9-10-22-21(14-19)30-25(31(22)17-18-6-3-2-4-7-18)20(8-5-12-27)15-28-23(32)11-13-36/h9-10,14,18,20,36H,2-8,11-13,15-17,27H2,1H3,(H,28,32)(H,29,34). The van der Waals surface area contributed by atoms with Crippen molar-refractivity contribution in [2.45, 2.75) is 63.8 Å². The van der Waals surface area contributed by atoms with Gasteiger partial charge in [-0.1, -0.05) is 19.3 Å². The minimum atomic E-state index is -0.508. The third kappa shape index (κ3) is 7.70. The number of methoxy groups -OCH3 is 1. The second-order valence-corrected chi connectivity index (χ2v) is 9.90. The average Bonchev–Trinajstić information content (AvgIpc) is 3.25. The zero-order valence-corrected chi connectivity index (χ0v) is 22.0. The van der Waals surface area contributed by atoms with Crippen molar-refractivity contribution in [1.82, 2.24) is 20.2 Å². The summed E-state index contributed by atoms with van der Waals surface area (Å²) in [6.45, 7) is 1.72. The zero-order chi connectivity index (χ0) is 25.9. The number of carbonyl (C=O) groups is 3. The van der Waals surface area contributed by atoms with E-state index in [4.69, 9.17) is 10.7 Å². The van der Waals surface area contributed by atoms with E-state index in [-0.39, 0.29) is 24.3 Å². The highest BCUT2D eigenvalue weighted by Gasteiger charge is 2.24. The fourth-order valence-corrected chi connectivity index (χ4v) is 5.06. The number of hydrogen-bond donors (Lipinski definition) is 4. The minimum absolute atomic E-state index is 0.00464. The highest BCUT2D eigenvalue weighted by Crippen LogP contribution is 2.31. The third-order valence-corrected chi connectivity index (χ3v) is 7.06. The van der Waals surface area contributed by atoms with Crippen molar-refractivity contribution in [1.29, 1.82) is 0 Å².